The highest BCUT2D eigenvalue weighted by atomic mass is 16.3. The monoisotopic (exact) mass is 185 g/mol. The molecule has 1 fully saturated rings. The second-order valence-corrected chi connectivity index (χ2v) is 4.35. The Kier molecular flexibility index (Phi) is 3.45. The van der Waals surface area contributed by atoms with E-state index < -0.39 is 6.10 Å². The molecule has 1 aliphatic rings. The zero-order valence-corrected chi connectivity index (χ0v) is 8.58. The molecule has 1 rings (SSSR count). The summed E-state index contributed by atoms with van der Waals surface area (Å²) in [6, 6.07) is 0.174. The van der Waals surface area contributed by atoms with Crippen LogP contribution in [-0.4, -0.2) is 29.6 Å². The quantitative estimate of drug-likeness (QED) is 0.676. The molecule has 3 heteroatoms. The first-order chi connectivity index (χ1) is 6.02. The third kappa shape index (κ3) is 2.51. The molecule has 1 unspecified atom stereocenters. The van der Waals surface area contributed by atoms with Crippen molar-refractivity contribution in [2.75, 3.05) is 6.54 Å². The summed E-state index contributed by atoms with van der Waals surface area (Å²) in [7, 11) is 0. The fourth-order valence-corrected chi connectivity index (χ4v) is 2.09. The molecule has 1 saturated heterocycles. The van der Waals surface area contributed by atoms with E-state index in [9.17, 15) is 9.90 Å². The highest BCUT2D eigenvalue weighted by Crippen LogP contribution is 2.22. The van der Waals surface area contributed by atoms with Crippen LogP contribution in [0.2, 0.25) is 0 Å². The molecule has 0 spiro atoms. The number of Topliss-reactive ketones (excluding diaryl/α,β-unsaturated/α-hetero) is 1. The minimum Gasteiger partial charge on any atom is -0.391 e. The van der Waals surface area contributed by atoms with Crippen LogP contribution >= 0.6 is 0 Å². The second-order valence-electron chi connectivity index (χ2n) is 4.35. The van der Waals surface area contributed by atoms with Crippen LogP contribution in [0.4, 0.5) is 0 Å². The van der Waals surface area contributed by atoms with Crippen LogP contribution in [0.3, 0.4) is 0 Å². The summed E-state index contributed by atoms with van der Waals surface area (Å²) in [5.74, 6) is 0.468. The van der Waals surface area contributed by atoms with Crippen LogP contribution in [0.5, 0.6) is 0 Å². The summed E-state index contributed by atoms with van der Waals surface area (Å²) in [5.41, 5.74) is 0. The molecular weight excluding hydrogens is 166 g/mol. The van der Waals surface area contributed by atoms with Gasteiger partial charge in [-0.1, -0.05) is 13.8 Å². The summed E-state index contributed by atoms with van der Waals surface area (Å²) < 4.78 is 0. The van der Waals surface area contributed by atoms with Crippen LogP contribution < -0.4 is 5.32 Å². The first-order valence-corrected chi connectivity index (χ1v) is 4.94. The van der Waals surface area contributed by atoms with E-state index in [0.717, 1.165) is 6.42 Å². The molecule has 0 saturated carbocycles. The lowest BCUT2D eigenvalue weighted by molar-refractivity contribution is -0.123. The lowest BCUT2D eigenvalue weighted by Gasteiger charge is -2.20. The molecular formula is C10H19NO2. The van der Waals surface area contributed by atoms with Gasteiger partial charge in [-0.15, -0.1) is 0 Å². The molecule has 0 aliphatic carbocycles. The Hall–Kier alpha value is -0.410. The molecule has 1 aliphatic heterocycles. The molecule has 2 N–H and O–H groups in total. The van der Waals surface area contributed by atoms with E-state index in [1.165, 1.54) is 0 Å². The fourth-order valence-electron chi connectivity index (χ4n) is 2.09. The number of hydrogen-bond donors (Lipinski definition) is 2. The van der Waals surface area contributed by atoms with E-state index in [2.05, 4.69) is 19.2 Å². The van der Waals surface area contributed by atoms with Crippen molar-refractivity contribution in [1.82, 2.24) is 5.32 Å². The van der Waals surface area contributed by atoms with Crippen molar-refractivity contribution in [3.8, 4) is 0 Å². The molecule has 13 heavy (non-hydrogen) atoms. The number of β-amino-alcohol motifs (C(OH)–C–C–N with tert-alkyl or cyclic N) is 1. The van der Waals surface area contributed by atoms with Crippen molar-refractivity contribution >= 4 is 5.78 Å². The van der Waals surface area contributed by atoms with Gasteiger partial charge in [-0.05, 0) is 19.3 Å². The lowest BCUT2D eigenvalue weighted by Crippen LogP contribution is -2.34. The Balaban J connectivity index is 2.59. The smallest absolute Gasteiger partial charge is 0.137 e. The minimum atomic E-state index is -0.485. The summed E-state index contributed by atoms with van der Waals surface area (Å²) >= 11 is 0. The lowest BCUT2D eigenvalue weighted by atomic mass is 9.89. The molecule has 0 aromatic rings. The Morgan fingerprint density at radius 3 is 2.69 bits per heavy atom. The first kappa shape index (κ1) is 10.7. The number of hydrogen-bond acceptors (Lipinski definition) is 3. The van der Waals surface area contributed by atoms with Crippen LogP contribution in [0.1, 0.15) is 27.2 Å². The van der Waals surface area contributed by atoms with Crippen LogP contribution in [0.25, 0.3) is 0 Å². The zero-order chi connectivity index (χ0) is 10.0. The van der Waals surface area contributed by atoms with Crippen molar-refractivity contribution in [2.45, 2.75) is 39.3 Å². The van der Waals surface area contributed by atoms with Gasteiger partial charge in [0.1, 0.15) is 5.78 Å². The summed E-state index contributed by atoms with van der Waals surface area (Å²) in [6.45, 7) is 6.38. The fraction of sp³-hybridized carbons (Fsp3) is 0.900. The number of nitrogens with one attached hydrogen (secondary N) is 1. The van der Waals surface area contributed by atoms with E-state index in [4.69, 9.17) is 0 Å². The van der Waals surface area contributed by atoms with Gasteiger partial charge in [0.05, 0.1) is 12.0 Å². The number of carbonyl (C=O) groups excluding carboxylic acids is 1. The summed E-state index contributed by atoms with van der Waals surface area (Å²) in [6.07, 6.45) is 0.475. The van der Waals surface area contributed by atoms with Gasteiger partial charge in [0, 0.05) is 12.6 Å². The van der Waals surface area contributed by atoms with Crippen LogP contribution in [-0.2, 0) is 4.79 Å². The molecule has 0 amide bonds. The van der Waals surface area contributed by atoms with Gasteiger partial charge < -0.3 is 10.4 Å². The molecule has 3 nitrogen and oxygen atoms in total. The number of aliphatic hydroxyl groups is 1. The summed E-state index contributed by atoms with van der Waals surface area (Å²) in [4.78, 5) is 11.2. The van der Waals surface area contributed by atoms with Crippen molar-refractivity contribution in [3.05, 3.63) is 0 Å². The maximum atomic E-state index is 11.2. The average Bonchev–Trinajstić information content (AvgIpc) is 2.30. The second kappa shape index (κ2) is 4.20. The molecule has 76 valence electrons. The van der Waals surface area contributed by atoms with Crippen molar-refractivity contribution in [2.24, 2.45) is 11.8 Å². The summed E-state index contributed by atoms with van der Waals surface area (Å²) in [5, 5.41) is 12.8. The van der Waals surface area contributed by atoms with E-state index >= 15 is 0 Å². The third-order valence-electron chi connectivity index (χ3n) is 2.63. The standard InChI is InChI=1S/C10H19NO2/c1-6(2)4-8-10(7(3)12)9(13)5-11-8/h6,8-11,13H,4-5H2,1-3H3/t8-,9?,10+/m0/s1. The average molecular weight is 185 g/mol. The number of rotatable bonds is 3. The largest absolute Gasteiger partial charge is 0.391 e. The van der Waals surface area contributed by atoms with Crippen molar-refractivity contribution in [1.29, 1.82) is 0 Å². The van der Waals surface area contributed by atoms with Gasteiger partial charge in [0.2, 0.25) is 0 Å². The Bertz CT molecular complexity index is 191. The first-order valence-electron chi connectivity index (χ1n) is 4.94. The molecule has 0 aromatic carbocycles. The predicted molar refractivity (Wildman–Crippen MR) is 51.4 cm³/mol. The van der Waals surface area contributed by atoms with Crippen LogP contribution in [0, 0.1) is 11.8 Å². The highest BCUT2D eigenvalue weighted by molar-refractivity contribution is 5.80. The Morgan fingerprint density at radius 1 is 1.62 bits per heavy atom. The predicted octanol–water partition coefficient (Wildman–Crippen LogP) is 0.570. The molecule has 0 aromatic heterocycles. The Labute approximate surface area is 79.5 Å². The van der Waals surface area contributed by atoms with Gasteiger partial charge in [-0.3, -0.25) is 4.79 Å². The Morgan fingerprint density at radius 2 is 2.23 bits per heavy atom. The number of carbonyl (C=O) groups is 1. The van der Waals surface area contributed by atoms with Crippen molar-refractivity contribution in [3.63, 3.8) is 0 Å². The molecule has 3 atom stereocenters. The topological polar surface area (TPSA) is 49.3 Å². The van der Waals surface area contributed by atoms with Gasteiger partial charge in [0.25, 0.3) is 0 Å². The van der Waals surface area contributed by atoms with Gasteiger partial charge in [0.15, 0.2) is 0 Å². The SMILES string of the molecule is CC(=O)[C@H]1C(O)CN[C@H]1CC(C)C. The normalized spacial score (nSPS) is 34.1. The van der Waals surface area contributed by atoms with Gasteiger partial charge >= 0.3 is 0 Å². The maximum absolute atomic E-state index is 11.2. The van der Waals surface area contributed by atoms with Gasteiger partial charge in [-0.25, -0.2) is 0 Å². The molecule has 0 radical (unpaired) electrons. The number of aliphatic hydroxyl groups excluding tert-OH is 1. The van der Waals surface area contributed by atoms with E-state index in [0.29, 0.717) is 12.5 Å². The van der Waals surface area contributed by atoms with E-state index in [1.807, 2.05) is 0 Å². The van der Waals surface area contributed by atoms with Gasteiger partial charge in [-0.2, -0.15) is 0 Å². The van der Waals surface area contributed by atoms with Crippen LogP contribution in [0.15, 0.2) is 0 Å². The highest BCUT2D eigenvalue weighted by Gasteiger charge is 2.37. The van der Waals surface area contributed by atoms with E-state index in [-0.39, 0.29) is 17.7 Å². The van der Waals surface area contributed by atoms with E-state index in [1.54, 1.807) is 6.92 Å². The zero-order valence-electron chi connectivity index (χ0n) is 8.58. The third-order valence-corrected chi connectivity index (χ3v) is 2.63. The molecule has 0 bridgehead atoms. The van der Waals surface area contributed by atoms with Crippen molar-refractivity contribution < 1.29 is 9.90 Å². The molecule has 1 heterocycles. The maximum Gasteiger partial charge on any atom is 0.137 e. The minimum absolute atomic E-state index is 0.100. The number of ketones is 1.